The molecule has 7 nitrogen and oxygen atoms in total. The van der Waals surface area contributed by atoms with Crippen LogP contribution < -0.4 is 9.54 Å². The average molecular weight is 474 g/mol. The first-order valence-corrected chi connectivity index (χ1v) is 13.0. The van der Waals surface area contributed by atoms with E-state index in [1.54, 1.807) is 19.2 Å². The maximum absolute atomic E-state index is 12.9. The average Bonchev–Trinajstić information content (AvgIpc) is 3.14. The van der Waals surface area contributed by atoms with E-state index in [-0.39, 0.29) is 4.90 Å². The third kappa shape index (κ3) is 4.37. The summed E-state index contributed by atoms with van der Waals surface area (Å²) in [4.78, 5) is 18.0. The van der Waals surface area contributed by atoms with Crippen molar-refractivity contribution in [2.75, 3.05) is 20.2 Å². The lowest BCUT2D eigenvalue weighted by Gasteiger charge is -2.30. The van der Waals surface area contributed by atoms with Crippen LogP contribution in [-0.2, 0) is 16.6 Å². The number of hydrogen-bond acceptors (Lipinski definition) is 5. The second-order valence-electron chi connectivity index (χ2n) is 8.01. The van der Waals surface area contributed by atoms with Crippen LogP contribution in [0.25, 0.3) is 10.2 Å². The van der Waals surface area contributed by atoms with E-state index in [0.717, 1.165) is 28.8 Å². The maximum atomic E-state index is 12.9. The number of fused-ring (bicyclic) bond motifs is 1. The van der Waals surface area contributed by atoms with Gasteiger partial charge in [0, 0.05) is 25.2 Å². The highest BCUT2D eigenvalue weighted by Gasteiger charge is 2.28. The molecule has 1 unspecified atom stereocenters. The number of sulfonamides is 1. The van der Waals surface area contributed by atoms with Crippen molar-refractivity contribution < 1.29 is 17.9 Å². The molecule has 9 heteroatoms. The van der Waals surface area contributed by atoms with Crippen LogP contribution in [0, 0.1) is 5.92 Å². The molecule has 0 aliphatic carbocycles. The lowest BCUT2D eigenvalue weighted by Crippen LogP contribution is -2.39. The predicted octanol–water partition coefficient (Wildman–Crippen LogP) is 3.89. The Balaban J connectivity index is 1.62. The normalized spacial score (nSPS) is 18.2. The van der Waals surface area contributed by atoms with E-state index < -0.39 is 15.9 Å². The molecule has 4 rings (SSSR count). The summed E-state index contributed by atoms with van der Waals surface area (Å²) in [5, 5.41) is 0. The molecule has 1 aromatic heterocycles. The summed E-state index contributed by atoms with van der Waals surface area (Å²) < 4.78 is 35.7. The monoisotopic (exact) mass is 473 g/mol. The van der Waals surface area contributed by atoms with Crippen LogP contribution >= 0.6 is 11.3 Å². The fourth-order valence-electron chi connectivity index (χ4n) is 4.01. The van der Waals surface area contributed by atoms with Gasteiger partial charge in [-0.05, 0) is 68.1 Å². The van der Waals surface area contributed by atoms with Crippen LogP contribution in [0.2, 0.25) is 0 Å². The number of methoxy groups -OCH3 is 1. The second-order valence-corrected chi connectivity index (χ2v) is 11.0. The van der Waals surface area contributed by atoms with Crippen LogP contribution in [0.5, 0.6) is 5.75 Å². The largest absolute Gasteiger partial charge is 0.497 e. The van der Waals surface area contributed by atoms with Gasteiger partial charge < -0.3 is 9.30 Å². The molecular weight excluding hydrogens is 446 g/mol. The summed E-state index contributed by atoms with van der Waals surface area (Å²) in [7, 11) is -1.94. The Morgan fingerprint density at radius 2 is 1.97 bits per heavy atom. The number of piperidine rings is 1. The minimum Gasteiger partial charge on any atom is -0.497 e. The fourth-order valence-corrected chi connectivity index (χ4v) is 6.73. The van der Waals surface area contributed by atoms with Crippen molar-refractivity contribution in [2.45, 2.75) is 38.1 Å². The van der Waals surface area contributed by atoms with Gasteiger partial charge in [0.1, 0.15) is 5.75 Å². The topological polar surface area (TPSA) is 81.0 Å². The molecule has 0 N–H and O–H groups in total. The Morgan fingerprint density at radius 3 is 2.62 bits per heavy atom. The van der Waals surface area contributed by atoms with Gasteiger partial charge in [0.2, 0.25) is 10.0 Å². The number of aryl methyl sites for hydroxylation is 1. The van der Waals surface area contributed by atoms with Crippen molar-refractivity contribution in [3.63, 3.8) is 0 Å². The van der Waals surface area contributed by atoms with E-state index in [1.165, 1.54) is 27.8 Å². The summed E-state index contributed by atoms with van der Waals surface area (Å²) in [6.07, 6.45) is 1.91. The molecule has 1 fully saturated rings. The van der Waals surface area contributed by atoms with Crippen LogP contribution in [-0.4, -0.2) is 43.4 Å². The van der Waals surface area contributed by atoms with E-state index in [2.05, 4.69) is 11.9 Å². The third-order valence-corrected chi connectivity index (χ3v) is 8.68. The minimum absolute atomic E-state index is 0.209. The summed E-state index contributed by atoms with van der Waals surface area (Å²) in [5.41, 5.74) is 1.34. The number of benzene rings is 2. The van der Waals surface area contributed by atoms with Gasteiger partial charge in [-0.1, -0.05) is 18.3 Å². The summed E-state index contributed by atoms with van der Waals surface area (Å²) >= 11 is 1.42. The zero-order valence-corrected chi connectivity index (χ0v) is 20.1. The Kier molecular flexibility index (Phi) is 6.50. The third-order valence-electron chi connectivity index (χ3n) is 5.76. The first kappa shape index (κ1) is 22.7. The lowest BCUT2D eigenvalue weighted by atomic mass is 10.0. The van der Waals surface area contributed by atoms with E-state index >= 15 is 0 Å². The highest BCUT2D eigenvalue weighted by Crippen LogP contribution is 2.25. The van der Waals surface area contributed by atoms with E-state index in [4.69, 9.17) is 4.74 Å². The Morgan fingerprint density at radius 1 is 1.22 bits per heavy atom. The molecule has 3 aromatic rings. The summed E-state index contributed by atoms with van der Waals surface area (Å²) in [6, 6.07) is 11.9. The van der Waals surface area contributed by atoms with Gasteiger partial charge in [0.05, 0.1) is 22.2 Å². The molecule has 0 spiro atoms. The van der Waals surface area contributed by atoms with Gasteiger partial charge in [-0.15, -0.1) is 0 Å². The number of rotatable bonds is 5. The van der Waals surface area contributed by atoms with Gasteiger partial charge in [0.15, 0.2) is 4.80 Å². The zero-order chi connectivity index (χ0) is 22.9. The number of hydrogen-bond donors (Lipinski definition) is 0. The standard InChI is InChI=1S/C23H27N3O4S2/c1-4-26-20-12-9-18(30-3)14-21(20)31-23(26)24-22(27)17-7-10-19(11-8-17)32(28,29)25-13-5-6-16(2)15-25/h7-12,14,16H,4-6,13,15H2,1-3H3. The van der Waals surface area contributed by atoms with E-state index in [1.807, 2.05) is 29.7 Å². The molecule has 170 valence electrons. The predicted molar refractivity (Wildman–Crippen MR) is 126 cm³/mol. The van der Waals surface area contributed by atoms with Crippen LogP contribution in [0.15, 0.2) is 52.4 Å². The fraction of sp³-hybridized carbons (Fsp3) is 0.391. The molecule has 2 aromatic carbocycles. The molecule has 2 heterocycles. The second kappa shape index (κ2) is 9.17. The Hall–Kier alpha value is -2.49. The van der Waals surface area contributed by atoms with Crippen LogP contribution in [0.1, 0.15) is 37.0 Å². The van der Waals surface area contributed by atoms with Gasteiger partial charge in [-0.3, -0.25) is 4.79 Å². The number of ether oxygens (including phenoxy) is 1. The van der Waals surface area contributed by atoms with Gasteiger partial charge in [-0.2, -0.15) is 9.30 Å². The highest BCUT2D eigenvalue weighted by molar-refractivity contribution is 7.89. The van der Waals surface area contributed by atoms with Crippen molar-refractivity contribution in [3.05, 3.63) is 52.8 Å². The quantitative estimate of drug-likeness (QED) is 0.563. The first-order valence-electron chi connectivity index (χ1n) is 10.7. The summed E-state index contributed by atoms with van der Waals surface area (Å²) in [5.74, 6) is 0.700. The molecule has 1 aliphatic rings. The number of aromatic nitrogens is 1. The van der Waals surface area contributed by atoms with Gasteiger partial charge in [-0.25, -0.2) is 8.42 Å². The molecule has 1 atom stereocenters. The van der Waals surface area contributed by atoms with Crippen LogP contribution in [0.4, 0.5) is 0 Å². The van der Waals surface area contributed by atoms with Crippen molar-refractivity contribution in [1.82, 2.24) is 8.87 Å². The van der Waals surface area contributed by atoms with E-state index in [9.17, 15) is 13.2 Å². The SMILES string of the molecule is CCn1c(=NC(=O)c2ccc(S(=O)(=O)N3CCCC(C)C3)cc2)sc2cc(OC)ccc21. The molecule has 1 amide bonds. The van der Waals surface area contributed by atoms with Crippen molar-refractivity contribution >= 4 is 37.5 Å². The maximum Gasteiger partial charge on any atom is 0.279 e. The smallest absolute Gasteiger partial charge is 0.279 e. The Labute approximate surface area is 192 Å². The van der Waals surface area contributed by atoms with Crippen molar-refractivity contribution in [1.29, 1.82) is 0 Å². The lowest BCUT2D eigenvalue weighted by molar-refractivity contribution is 0.0997. The van der Waals surface area contributed by atoms with Crippen LogP contribution in [0.3, 0.4) is 0 Å². The number of carbonyl (C=O) groups is 1. The number of nitrogens with zero attached hydrogens (tertiary/aromatic N) is 3. The van der Waals surface area contributed by atoms with Gasteiger partial charge >= 0.3 is 0 Å². The molecule has 1 saturated heterocycles. The number of amides is 1. The highest BCUT2D eigenvalue weighted by atomic mass is 32.2. The molecule has 0 saturated carbocycles. The zero-order valence-electron chi connectivity index (χ0n) is 18.4. The van der Waals surface area contributed by atoms with E-state index in [0.29, 0.717) is 35.9 Å². The molecule has 1 aliphatic heterocycles. The van der Waals surface area contributed by atoms with Crippen molar-refractivity contribution in [3.8, 4) is 5.75 Å². The van der Waals surface area contributed by atoms with Gasteiger partial charge in [0.25, 0.3) is 5.91 Å². The molecule has 0 bridgehead atoms. The molecule has 0 radical (unpaired) electrons. The molecular formula is C23H27N3O4S2. The Bertz CT molecular complexity index is 1310. The molecule has 32 heavy (non-hydrogen) atoms. The number of thiazole rings is 1. The van der Waals surface area contributed by atoms with Crippen molar-refractivity contribution in [2.24, 2.45) is 10.9 Å². The minimum atomic E-state index is -3.55. The number of carbonyl (C=O) groups excluding carboxylic acids is 1. The first-order chi connectivity index (χ1) is 15.3. The summed E-state index contributed by atoms with van der Waals surface area (Å²) in [6.45, 7) is 5.81.